The number of piperazine rings is 1. The molecule has 0 unspecified atom stereocenters. The number of hydrogen-bond donors (Lipinski definition) is 2. The molecular weight excluding hydrogens is 492 g/mol. The SMILES string of the molecule is CCCN1C(=O)[C@H](CCCCNC(=O)OCc2ccccc2)NC(=O)C12CCN(C(=O)CCSC)CC2. The molecule has 2 aliphatic rings. The average molecular weight is 533 g/mol. The molecule has 0 aliphatic carbocycles. The molecule has 3 rings (SSSR count). The van der Waals surface area contributed by atoms with Gasteiger partial charge in [0.05, 0.1) is 0 Å². The molecule has 0 radical (unpaired) electrons. The zero-order chi connectivity index (χ0) is 26.7. The highest BCUT2D eigenvalue weighted by atomic mass is 32.2. The van der Waals surface area contributed by atoms with Crippen LogP contribution in [0.3, 0.4) is 0 Å². The molecule has 10 heteroatoms. The average Bonchev–Trinajstić information content (AvgIpc) is 2.92. The van der Waals surface area contributed by atoms with Crippen molar-refractivity contribution in [3.63, 3.8) is 0 Å². The van der Waals surface area contributed by atoms with Crippen molar-refractivity contribution in [3.05, 3.63) is 35.9 Å². The van der Waals surface area contributed by atoms with Gasteiger partial charge in [-0.1, -0.05) is 37.3 Å². The number of likely N-dealkylation sites (tertiary alicyclic amines) is 1. The van der Waals surface area contributed by atoms with Crippen LogP contribution in [0.25, 0.3) is 0 Å². The van der Waals surface area contributed by atoms with Crippen LogP contribution < -0.4 is 10.6 Å². The van der Waals surface area contributed by atoms with E-state index in [-0.39, 0.29) is 24.3 Å². The summed E-state index contributed by atoms with van der Waals surface area (Å²) in [5.41, 5.74) is 0.0516. The third-order valence-corrected chi connectivity index (χ3v) is 7.73. The highest BCUT2D eigenvalue weighted by molar-refractivity contribution is 7.98. The first-order chi connectivity index (χ1) is 17.9. The molecule has 1 spiro atoms. The van der Waals surface area contributed by atoms with Gasteiger partial charge in [-0.25, -0.2) is 4.79 Å². The molecule has 4 amide bonds. The normalized spacial score (nSPS) is 19.0. The first-order valence-corrected chi connectivity index (χ1v) is 14.6. The fourth-order valence-electron chi connectivity index (χ4n) is 5.03. The Balaban J connectivity index is 1.44. The van der Waals surface area contributed by atoms with Crippen LogP contribution in [0.2, 0.25) is 0 Å². The van der Waals surface area contributed by atoms with Crippen LogP contribution in [0.1, 0.15) is 57.4 Å². The van der Waals surface area contributed by atoms with E-state index in [1.54, 1.807) is 16.7 Å². The van der Waals surface area contributed by atoms with Crippen LogP contribution in [-0.4, -0.2) is 83.4 Å². The molecule has 0 aromatic heterocycles. The zero-order valence-corrected chi connectivity index (χ0v) is 22.8. The van der Waals surface area contributed by atoms with Crippen molar-refractivity contribution < 1.29 is 23.9 Å². The minimum absolute atomic E-state index is 0.0427. The van der Waals surface area contributed by atoms with Gasteiger partial charge in [0.1, 0.15) is 18.2 Å². The van der Waals surface area contributed by atoms with Gasteiger partial charge < -0.3 is 25.2 Å². The van der Waals surface area contributed by atoms with Gasteiger partial charge in [-0.15, -0.1) is 0 Å². The first kappa shape index (κ1) is 28.8. The highest BCUT2D eigenvalue weighted by Crippen LogP contribution is 2.34. The molecule has 37 heavy (non-hydrogen) atoms. The van der Waals surface area contributed by atoms with Crippen LogP contribution in [0, 0.1) is 0 Å². The molecule has 204 valence electrons. The molecule has 0 bridgehead atoms. The summed E-state index contributed by atoms with van der Waals surface area (Å²) in [5, 5.41) is 5.72. The minimum Gasteiger partial charge on any atom is -0.445 e. The Hall–Kier alpha value is -2.75. The summed E-state index contributed by atoms with van der Waals surface area (Å²) in [5.74, 6) is 0.750. The number of nitrogens with zero attached hydrogens (tertiary/aromatic N) is 2. The third kappa shape index (κ3) is 7.63. The van der Waals surface area contributed by atoms with E-state index in [2.05, 4.69) is 10.6 Å². The summed E-state index contributed by atoms with van der Waals surface area (Å²) in [4.78, 5) is 54.7. The van der Waals surface area contributed by atoms with Gasteiger partial charge in [-0.05, 0) is 50.3 Å². The molecule has 2 saturated heterocycles. The largest absolute Gasteiger partial charge is 0.445 e. The number of benzene rings is 1. The highest BCUT2D eigenvalue weighted by Gasteiger charge is 2.53. The van der Waals surface area contributed by atoms with E-state index in [1.165, 1.54) is 0 Å². The van der Waals surface area contributed by atoms with Crippen molar-refractivity contribution >= 4 is 35.6 Å². The molecule has 0 saturated carbocycles. The fourth-order valence-corrected chi connectivity index (χ4v) is 5.41. The van der Waals surface area contributed by atoms with Gasteiger partial charge in [0, 0.05) is 38.4 Å². The molecule has 9 nitrogen and oxygen atoms in total. The van der Waals surface area contributed by atoms with Crippen LogP contribution in [-0.2, 0) is 25.7 Å². The molecule has 2 heterocycles. The van der Waals surface area contributed by atoms with Crippen molar-refractivity contribution in [2.45, 2.75) is 70.1 Å². The molecule has 2 fully saturated rings. The van der Waals surface area contributed by atoms with Gasteiger partial charge in [0.15, 0.2) is 0 Å². The Labute approximate surface area is 224 Å². The first-order valence-electron chi connectivity index (χ1n) is 13.2. The summed E-state index contributed by atoms with van der Waals surface area (Å²) >= 11 is 1.64. The number of carbonyl (C=O) groups is 4. The van der Waals surface area contributed by atoms with Gasteiger partial charge >= 0.3 is 6.09 Å². The number of amides is 4. The number of nitrogens with one attached hydrogen (secondary N) is 2. The predicted molar refractivity (Wildman–Crippen MR) is 144 cm³/mol. The van der Waals surface area contributed by atoms with Crippen molar-refractivity contribution in [1.29, 1.82) is 0 Å². The van der Waals surface area contributed by atoms with Crippen molar-refractivity contribution in [2.24, 2.45) is 0 Å². The van der Waals surface area contributed by atoms with Crippen molar-refractivity contribution in [3.8, 4) is 0 Å². The predicted octanol–water partition coefficient (Wildman–Crippen LogP) is 2.93. The van der Waals surface area contributed by atoms with Gasteiger partial charge in [0.2, 0.25) is 17.7 Å². The second-order valence-corrected chi connectivity index (χ2v) is 10.6. The molecule has 2 aliphatic heterocycles. The van der Waals surface area contributed by atoms with Crippen LogP contribution in [0.15, 0.2) is 30.3 Å². The van der Waals surface area contributed by atoms with Gasteiger partial charge in [-0.3, -0.25) is 14.4 Å². The quantitative estimate of drug-likeness (QED) is 0.401. The van der Waals surface area contributed by atoms with Crippen molar-refractivity contribution in [2.75, 3.05) is 38.2 Å². The van der Waals surface area contributed by atoms with E-state index in [0.29, 0.717) is 64.7 Å². The van der Waals surface area contributed by atoms with E-state index >= 15 is 0 Å². The van der Waals surface area contributed by atoms with E-state index in [0.717, 1.165) is 17.7 Å². The number of alkyl carbamates (subject to hydrolysis) is 1. The number of carbonyl (C=O) groups excluding carboxylic acids is 4. The Morgan fingerprint density at radius 3 is 2.57 bits per heavy atom. The molecule has 1 aromatic rings. The number of unbranched alkanes of at least 4 members (excludes halogenated alkanes) is 1. The Morgan fingerprint density at radius 1 is 1.16 bits per heavy atom. The summed E-state index contributed by atoms with van der Waals surface area (Å²) in [6, 6.07) is 8.92. The lowest BCUT2D eigenvalue weighted by atomic mass is 9.81. The molecule has 2 N–H and O–H groups in total. The smallest absolute Gasteiger partial charge is 0.407 e. The Kier molecular flexibility index (Phi) is 11.1. The fraction of sp³-hybridized carbons (Fsp3) is 0.630. The van der Waals surface area contributed by atoms with Crippen LogP contribution in [0.4, 0.5) is 4.79 Å². The lowest BCUT2D eigenvalue weighted by Crippen LogP contribution is -2.73. The maximum atomic E-state index is 13.4. The third-order valence-electron chi connectivity index (χ3n) is 7.12. The van der Waals surface area contributed by atoms with Crippen molar-refractivity contribution in [1.82, 2.24) is 20.4 Å². The second-order valence-electron chi connectivity index (χ2n) is 9.66. The Morgan fingerprint density at radius 2 is 1.89 bits per heavy atom. The van der Waals surface area contributed by atoms with E-state index < -0.39 is 17.7 Å². The number of rotatable bonds is 12. The summed E-state index contributed by atoms with van der Waals surface area (Å²) in [6.07, 6.45) is 5.58. The van der Waals surface area contributed by atoms with Gasteiger partial charge in [-0.2, -0.15) is 11.8 Å². The lowest BCUT2D eigenvalue weighted by Gasteiger charge is -2.51. The standard InChI is InChI=1S/C27H40N4O5S/c1-3-16-31-24(33)22(11-7-8-15-28-26(35)36-20-21-9-5-4-6-10-21)29-25(34)27(31)13-17-30(18-14-27)23(32)12-19-37-2/h4-6,9-10,22H,3,7-8,11-20H2,1-2H3,(H,28,35)(H,29,34)/t22-/m0/s1. The van der Waals surface area contributed by atoms with E-state index in [4.69, 9.17) is 4.74 Å². The maximum absolute atomic E-state index is 13.4. The number of hydrogen-bond acceptors (Lipinski definition) is 6. The van der Waals surface area contributed by atoms with Crippen LogP contribution >= 0.6 is 11.8 Å². The molecule has 1 atom stereocenters. The van der Waals surface area contributed by atoms with E-state index in [1.807, 2.05) is 48.4 Å². The lowest BCUT2D eigenvalue weighted by molar-refractivity contribution is -0.162. The monoisotopic (exact) mass is 532 g/mol. The van der Waals surface area contributed by atoms with Crippen LogP contribution in [0.5, 0.6) is 0 Å². The topological polar surface area (TPSA) is 108 Å². The number of ether oxygens (including phenoxy) is 1. The number of thioether (sulfide) groups is 1. The minimum atomic E-state index is -0.871. The van der Waals surface area contributed by atoms with E-state index in [9.17, 15) is 19.2 Å². The summed E-state index contributed by atoms with van der Waals surface area (Å²) in [6.45, 7) is 4.17. The summed E-state index contributed by atoms with van der Waals surface area (Å²) < 4.78 is 5.21. The Bertz CT molecular complexity index is 921. The summed E-state index contributed by atoms with van der Waals surface area (Å²) in [7, 11) is 0. The second kappa shape index (κ2) is 14.3. The molecular formula is C27H40N4O5S. The molecule has 1 aromatic carbocycles. The number of piperidine rings is 1. The maximum Gasteiger partial charge on any atom is 0.407 e. The zero-order valence-electron chi connectivity index (χ0n) is 22.0. The van der Waals surface area contributed by atoms with Gasteiger partial charge in [0.25, 0.3) is 0 Å².